The molecule has 0 aliphatic heterocycles. The number of esters is 1. The standard InChI is InChI=1S/C24H19BrFN3O5/c1-2-33-20-10-3-15(4-11-20)24(32)34-21-12-5-17(25)13-16(21)14-27-29-23(31)22(30)28-19-8-6-18(26)7-9-19/h3-14H,2H2,1H3,(H,28,30)(H,29,31). The van der Waals surface area contributed by atoms with Crippen LogP contribution in [0.25, 0.3) is 0 Å². The summed E-state index contributed by atoms with van der Waals surface area (Å²) in [5.41, 5.74) is 3.03. The van der Waals surface area contributed by atoms with E-state index in [1.165, 1.54) is 18.3 Å². The van der Waals surface area contributed by atoms with Gasteiger partial charge in [0.05, 0.1) is 18.4 Å². The number of halogens is 2. The number of nitrogens with zero attached hydrogens (tertiary/aromatic N) is 1. The lowest BCUT2D eigenvalue weighted by molar-refractivity contribution is -0.136. The maximum atomic E-state index is 12.9. The van der Waals surface area contributed by atoms with E-state index in [-0.39, 0.29) is 11.4 Å². The van der Waals surface area contributed by atoms with Gasteiger partial charge in [-0.3, -0.25) is 9.59 Å². The Morgan fingerprint density at radius 3 is 2.38 bits per heavy atom. The van der Waals surface area contributed by atoms with E-state index in [2.05, 4.69) is 31.8 Å². The van der Waals surface area contributed by atoms with Crippen LogP contribution in [0.2, 0.25) is 0 Å². The molecule has 0 radical (unpaired) electrons. The topological polar surface area (TPSA) is 106 Å². The predicted octanol–water partition coefficient (Wildman–Crippen LogP) is 4.29. The summed E-state index contributed by atoms with van der Waals surface area (Å²) >= 11 is 3.32. The molecule has 2 amide bonds. The Hall–Kier alpha value is -4.05. The van der Waals surface area contributed by atoms with Crippen LogP contribution < -0.4 is 20.2 Å². The van der Waals surface area contributed by atoms with Crippen molar-refractivity contribution in [1.29, 1.82) is 0 Å². The van der Waals surface area contributed by atoms with Gasteiger partial charge < -0.3 is 14.8 Å². The molecule has 3 aromatic carbocycles. The van der Waals surface area contributed by atoms with Crippen LogP contribution in [0.4, 0.5) is 10.1 Å². The highest BCUT2D eigenvalue weighted by molar-refractivity contribution is 9.10. The molecule has 0 unspecified atom stereocenters. The van der Waals surface area contributed by atoms with Crippen molar-refractivity contribution in [3.8, 4) is 11.5 Å². The minimum absolute atomic E-state index is 0.191. The minimum Gasteiger partial charge on any atom is -0.494 e. The number of hydrogen-bond donors (Lipinski definition) is 2. The molecule has 0 saturated heterocycles. The van der Waals surface area contributed by atoms with Gasteiger partial charge in [-0.15, -0.1) is 0 Å². The summed E-state index contributed by atoms with van der Waals surface area (Å²) < 4.78 is 24.4. The Labute approximate surface area is 202 Å². The normalized spacial score (nSPS) is 10.6. The van der Waals surface area contributed by atoms with Gasteiger partial charge >= 0.3 is 17.8 Å². The van der Waals surface area contributed by atoms with E-state index in [4.69, 9.17) is 9.47 Å². The van der Waals surface area contributed by atoms with E-state index in [9.17, 15) is 18.8 Å². The maximum Gasteiger partial charge on any atom is 0.343 e. The molecule has 3 aromatic rings. The monoisotopic (exact) mass is 527 g/mol. The van der Waals surface area contributed by atoms with Gasteiger partial charge in [0.1, 0.15) is 17.3 Å². The fourth-order valence-corrected chi connectivity index (χ4v) is 3.04. The number of rotatable bonds is 7. The Balaban J connectivity index is 1.64. The van der Waals surface area contributed by atoms with Gasteiger partial charge in [-0.1, -0.05) is 15.9 Å². The second kappa shape index (κ2) is 11.7. The smallest absolute Gasteiger partial charge is 0.343 e. The Morgan fingerprint density at radius 2 is 1.71 bits per heavy atom. The summed E-state index contributed by atoms with van der Waals surface area (Å²) in [6, 6.07) is 16.3. The highest BCUT2D eigenvalue weighted by atomic mass is 79.9. The molecule has 0 aromatic heterocycles. The summed E-state index contributed by atoms with van der Waals surface area (Å²) in [6.07, 6.45) is 1.23. The average Bonchev–Trinajstić information content (AvgIpc) is 2.82. The van der Waals surface area contributed by atoms with Gasteiger partial charge in [0, 0.05) is 15.7 Å². The van der Waals surface area contributed by atoms with Crippen molar-refractivity contribution in [3.63, 3.8) is 0 Å². The van der Waals surface area contributed by atoms with Crippen LogP contribution >= 0.6 is 15.9 Å². The van der Waals surface area contributed by atoms with Gasteiger partial charge in [-0.25, -0.2) is 14.6 Å². The van der Waals surface area contributed by atoms with E-state index in [0.717, 1.165) is 12.1 Å². The highest BCUT2D eigenvalue weighted by Crippen LogP contribution is 2.23. The molecular weight excluding hydrogens is 509 g/mol. The molecule has 0 saturated carbocycles. The number of benzene rings is 3. The van der Waals surface area contributed by atoms with E-state index in [1.54, 1.807) is 42.5 Å². The first kappa shape index (κ1) is 24.6. The van der Waals surface area contributed by atoms with Crippen molar-refractivity contribution in [3.05, 3.63) is 88.1 Å². The summed E-state index contributed by atoms with van der Waals surface area (Å²) in [6.45, 7) is 2.37. The molecule has 0 fully saturated rings. The molecule has 0 atom stereocenters. The lowest BCUT2D eigenvalue weighted by Crippen LogP contribution is -2.32. The zero-order chi connectivity index (χ0) is 24.5. The maximum absolute atomic E-state index is 12.9. The SMILES string of the molecule is CCOc1ccc(C(=O)Oc2ccc(Br)cc2C=NNC(=O)C(=O)Nc2ccc(F)cc2)cc1. The highest BCUT2D eigenvalue weighted by Gasteiger charge is 2.14. The molecule has 3 rings (SSSR count). The lowest BCUT2D eigenvalue weighted by atomic mass is 10.2. The number of carbonyl (C=O) groups is 3. The quantitative estimate of drug-likeness (QED) is 0.157. The molecule has 10 heteroatoms. The zero-order valence-electron chi connectivity index (χ0n) is 17.9. The van der Waals surface area contributed by atoms with Crippen LogP contribution in [0.3, 0.4) is 0 Å². The Morgan fingerprint density at radius 1 is 1.00 bits per heavy atom. The third kappa shape index (κ3) is 6.97. The first-order valence-corrected chi connectivity index (χ1v) is 10.8. The summed E-state index contributed by atoms with van der Waals surface area (Å²) in [7, 11) is 0. The number of hydrogen-bond acceptors (Lipinski definition) is 6. The number of hydrazone groups is 1. The molecule has 0 aliphatic carbocycles. The molecule has 0 aliphatic rings. The third-order valence-corrected chi connectivity index (χ3v) is 4.75. The molecule has 2 N–H and O–H groups in total. The summed E-state index contributed by atoms with van der Waals surface area (Å²) in [5, 5.41) is 6.08. The lowest BCUT2D eigenvalue weighted by Gasteiger charge is -2.09. The number of ether oxygens (including phenoxy) is 2. The summed E-state index contributed by atoms with van der Waals surface area (Å²) in [5.74, 6) is -2.27. The van der Waals surface area contributed by atoms with E-state index in [1.807, 2.05) is 6.92 Å². The first-order chi connectivity index (χ1) is 16.4. The largest absolute Gasteiger partial charge is 0.494 e. The van der Waals surface area contributed by atoms with Crippen molar-refractivity contribution >= 4 is 45.6 Å². The van der Waals surface area contributed by atoms with Crippen LogP contribution in [-0.4, -0.2) is 30.6 Å². The second-order valence-corrected chi connectivity index (χ2v) is 7.60. The molecule has 0 heterocycles. The van der Waals surface area contributed by atoms with Gasteiger partial charge in [0.2, 0.25) is 0 Å². The molecular formula is C24H19BrFN3O5. The van der Waals surface area contributed by atoms with Gasteiger partial charge in [0.25, 0.3) is 0 Å². The van der Waals surface area contributed by atoms with Crippen LogP contribution in [0.15, 0.2) is 76.3 Å². The second-order valence-electron chi connectivity index (χ2n) is 6.69. The van der Waals surface area contributed by atoms with Gasteiger partial charge in [-0.05, 0) is 73.7 Å². The van der Waals surface area contributed by atoms with Gasteiger partial charge in [-0.2, -0.15) is 5.10 Å². The minimum atomic E-state index is -1.04. The van der Waals surface area contributed by atoms with Crippen molar-refractivity contribution in [1.82, 2.24) is 5.43 Å². The molecule has 0 bridgehead atoms. The third-order valence-electron chi connectivity index (χ3n) is 4.25. The number of nitrogens with one attached hydrogen (secondary N) is 2. The van der Waals surface area contributed by atoms with E-state index >= 15 is 0 Å². The van der Waals surface area contributed by atoms with Crippen molar-refractivity contribution < 1.29 is 28.2 Å². The van der Waals surface area contributed by atoms with Crippen LogP contribution in [-0.2, 0) is 9.59 Å². The van der Waals surface area contributed by atoms with Crippen molar-refractivity contribution in [2.45, 2.75) is 6.92 Å². The Bertz CT molecular complexity index is 1210. The van der Waals surface area contributed by atoms with Gasteiger partial charge in [0.15, 0.2) is 0 Å². The van der Waals surface area contributed by atoms with Crippen molar-refractivity contribution in [2.24, 2.45) is 5.10 Å². The van der Waals surface area contributed by atoms with Crippen LogP contribution in [0, 0.1) is 5.82 Å². The molecule has 34 heavy (non-hydrogen) atoms. The number of carbonyl (C=O) groups excluding carboxylic acids is 3. The van der Waals surface area contributed by atoms with Crippen LogP contribution in [0.1, 0.15) is 22.8 Å². The molecule has 8 nitrogen and oxygen atoms in total. The Kier molecular flexibility index (Phi) is 8.47. The fourth-order valence-electron chi connectivity index (χ4n) is 2.66. The van der Waals surface area contributed by atoms with E-state index in [0.29, 0.717) is 28.0 Å². The van der Waals surface area contributed by atoms with Crippen molar-refractivity contribution in [2.75, 3.05) is 11.9 Å². The molecule has 0 spiro atoms. The fraction of sp³-hybridized carbons (Fsp3) is 0.0833. The zero-order valence-corrected chi connectivity index (χ0v) is 19.5. The predicted molar refractivity (Wildman–Crippen MR) is 127 cm³/mol. The first-order valence-electron chi connectivity index (χ1n) is 10.00. The number of amides is 2. The number of anilines is 1. The van der Waals surface area contributed by atoms with Crippen LogP contribution in [0.5, 0.6) is 11.5 Å². The average molecular weight is 528 g/mol. The van der Waals surface area contributed by atoms with E-state index < -0.39 is 23.6 Å². The molecule has 174 valence electrons. The summed E-state index contributed by atoms with van der Waals surface area (Å²) in [4.78, 5) is 36.4.